The van der Waals surface area contributed by atoms with Gasteiger partial charge in [-0.05, 0) is 50.3 Å². The maximum atomic E-state index is 12.8. The number of likely N-dealkylation sites (tertiary alicyclic amines) is 1. The van der Waals surface area contributed by atoms with Crippen LogP contribution in [0, 0.1) is 0 Å². The number of piperidine rings is 1. The van der Waals surface area contributed by atoms with Crippen LogP contribution in [0.3, 0.4) is 0 Å². The molecular formula is C20H28ClN3O2. The SMILES string of the molecule is O=C(CNc1cc(Cl)ccc1C(=O)N1CCCCC1)NC1CCCCC1. The molecule has 0 aromatic heterocycles. The van der Waals surface area contributed by atoms with Gasteiger partial charge in [0.15, 0.2) is 0 Å². The Balaban J connectivity index is 1.61. The van der Waals surface area contributed by atoms with Gasteiger partial charge in [-0.25, -0.2) is 0 Å². The fourth-order valence-electron chi connectivity index (χ4n) is 3.82. The predicted molar refractivity (Wildman–Crippen MR) is 105 cm³/mol. The van der Waals surface area contributed by atoms with E-state index in [0.29, 0.717) is 16.3 Å². The minimum Gasteiger partial charge on any atom is -0.375 e. The van der Waals surface area contributed by atoms with Crippen LogP contribution in [0.1, 0.15) is 61.7 Å². The minimum absolute atomic E-state index is 0.0107. The molecule has 0 spiro atoms. The van der Waals surface area contributed by atoms with Gasteiger partial charge in [0.2, 0.25) is 5.91 Å². The van der Waals surface area contributed by atoms with E-state index in [2.05, 4.69) is 10.6 Å². The van der Waals surface area contributed by atoms with E-state index in [9.17, 15) is 9.59 Å². The summed E-state index contributed by atoms with van der Waals surface area (Å²) < 4.78 is 0. The number of carbonyl (C=O) groups is 2. The molecule has 1 aromatic rings. The second kappa shape index (κ2) is 9.26. The van der Waals surface area contributed by atoms with Crippen LogP contribution in [0.15, 0.2) is 18.2 Å². The van der Waals surface area contributed by atoms with Crippen molar-refractivity contribution in [1.82, 2.24) is 10.2 Å². The molecule has 26 heavy (non-hydrogen) atoms. The molecule has 2 aliphatic rings. The van der Waals surface area contributed by atoms with Gasteiger partial charge in [-0.3, -0.25) is 9.59 Å². The Morgan fingerprint density at radius 1 is 1.04 bits per heavy atom. The number of hydrogen-bond donors (Lipinski definition) is 2. The van der Waals surface area contributed by atoms with Crippen molar-refractivity contribution in [2.24, 2.45) is 0 Å². The first-order valence-electron chi connectivity index (χ1n) is 9.75. The second-order valence-corrected chi connectivity index (χ2v) is 7.74. The summed E-state index contributed by atoms with van der Waals surface area (Å²) in [5.41, 5.74) is 1.22. The number of carbonyl (C=O) groups excluding carboxylic acids is 2. The Bertz CT molecular complexity index is 638. The standard InChI is InChI=1S/C20H28ClN3O2/c21-15-9-10-17(20(26)24-11-5-2-6-12-24)18(13-15)22-14-19(25)23-16-7-3-1-4-8-16/h9-10,13,16,22H,1-8,11-12,14H2,(H,23,25). The van der Waals surface area contributed by atoms with Crippen molar-refractivity contribution >= 4 is 29.1 Å². The zero-order chi connectivity index (χ0) is 18.4. The molecule has 6 heteroatoms. The summed E-state index contributed by atoms with van der Waals surface area (Å²) in [7, 11) is 0. The van der Waals surface area contributed by atoms with Gasteiger partial charge in [0.1, 0.15) is 0 Å². The van der Waals surface area contributed by atoms with Crippen molar-refractivity contribution in [1.29, 1.82) is 0 Å². The summed E-state index contributed by atoms with van der Waals surface area (Å²) in [5.74, 6) is -0.0233. The molecule has 0 unspecified atom stereocenters. The van der Waals surface area contributed by atoms with Crippen molar-refractivity contribution in [2.75, 3.05) is 25.0 Å². The van der Waals surface area contributed by atoms with E-state index < -0.39 is 0 Å². The highest BCUT2D eigenvalue weighted by atomic mass is 35.5. The molecule has 142 valence electrons. The smallest absolute Gasteiger partial charge is 0.255 e. The largest absolute Gasteiger partial charge is 0.375 e. The van der Waals surface area contributed by atoms with Crippen molar-refractivity contribution in [3.63, 3.8) is 0 Å². The first kappa shape index (κ1) is 19.0. The van der Waals surface area contributed by atoms with Gasteiger partial charge in [0.05, 0.1) is 12.1 Å². The molecule has 0 bridgehead atoms. The summed E-state index contributed by atoms with van der Waals surface area (Å²) >= 11 is 6.11. The van der Waals surface area contributed by atoms with Gasteiger partial charge in [-0.1, -0.05) is 30.9 Å². The molecule has 1 saturated heterocycles. The fraction of sp³-hybridized carbons (Fsp3) is 0.600. The lowest BCUT2D eigenvalue weighted by Gasteiger charge is -2.27. The summed E-state index contributed by atoms with van der Waals surface area (Å²) in [6.07, 6.45) is 9.01. The average molecular weight is 378 g/mol. The zero-order valence-corrected chi connectivity index (χ0v) is 16.0. The molecule has 3 rings (SSSR count). The lowest BCUT2D eigenvalue weighted by molar-refractivity contribution is -0.120. The number of benzene rings is 1. The van der Waals surface area contributed by atoms with E-state index >= 15 is 0 Å². The molecule has 1 heterocycles. The van der Waals surface area contributed by atoms with Crippen molar-refractivity contribution in [3.8, 4) is 0 Å². The number of nitrogens with zero attached hydrogens (tertiary/aromatic N) is 1. The summed E-state index contributed by atoms with van der Waals surface area (Å²) in [6.45, 7) is 1.74. The molecular weight excluding hydrogens is 350 g/mol. The van der Waals surface area contributed by atoms with E-state index in [1.54, 1.807) is 18.2 Å². The number of nitrogens with one attached hydrogen (secondary N) is 2. The normalized spacial score (nSPS) is 18.4. The molecule has 5 nitrogen and oxygen atoms in total. The highest BCUT2D eigenvalue weighted by molar-refractivity contribution is 6.31. The van der Waals surface area contributed by atoms with Crippen molar-refractivity contribution in [2.45, 2.75) is 57.4 Å². The minimum atomic E-state index is -0.0340. The van der Waals surface area contributed by atoms with Gasteiger partial charge in [-0.2, -0.15) is 0 Å². The fourth-order valence-corrected chi connectivity index (χ4v) is 3.99. The molecule has 1 aliphatic carbocycles. The van der Waals surface area contributed by atoms with E-state index in [1.807, 2.05) is 4.90 Å². The Hall–Kier alpha value is -1.75. The molecule has 2 amide bonds. The molecule has 1 aliphatic heterocycles. The van der Waals surface area contributed by atoms with Crippen LogP contribution >= 0.6 is 11.6 Å². The summed E-state index contributed by atoms with van der Waals surface area (Å²) in [5, 5.41) is 6.76. The van der Waals surface area contributed by atoms with E-state index in [0.717, 1.165) is 38.8 Å². The average Bonchev–Trinajstić information content (AvgIpc) is 2.67. The predicted octanol–water partition coefficient (Wildman–Crippen LogP) is 3.83. The Morgan fingerprint density at radius 3 is 2.46 bits per heavy atom. The highest BCUT2D eigenvalue weighted by Crippen LogP contribution is 2.24. The maximum Gasteiger partial charge on any atom is 0.255 e. The topological polar surface area (TPSA) is 61.4 Å². The van der Waals surface area contributed by atoms with Crippen LogP contribution in [0.2, 0.25) is 5.02 Å². The molecule has 1 saturated carbocycles. The van der Waals surface area contributed by atoms with Gasteiger partial charge >= 0.3 is 0 Å². The molecule has 2 N–H and O–H groups in total. The van der Waals surface area contributed by atoms with Gasteiger partial charge in [0, 0.05) is 29.8 Å². The first-order valence-corrected chi connectivity index (χ1v) is 10.1. The Morgan fingerprint density at radius 2 is 1.73 bits per heavy atom. The van der Waals surface area contributed by atoms with Gasteiger partial charge in [0.25, 0.3) is 5.91 Å². The third-order valence-corrected chi connectivity index (χ3v) is 5.50. The molecule has 2 fully saturated rings. The number of hydrogen-bond acceptors (Lipinski definition) is 3. The quantitative estimate of drug-likeness (QED) is 0.819. The number of halogens is 1. The van der Waals surface area contributed by atoms with E-state index in [-0.39, 0.29) is 24.4 Å². The lowest BCUT2D eigenvalue weighted by atomic mass is 9.95. The van der Waals surface area contributed by atoms with Crippen molar-refractivity contribution < 1.29 is 9.59 Å². The summed E-state index contributed by atoms with van der Waals surface area (Å²) in [4.78, 5) is 27.0. The second-order valence-electron chi connectivity index (χ2n) is 7.30. The van der Waals surface area contributed by atoms with Crippen LogP contribution < -0.4 is 10.6 Å². The molecule has 0 atom stereocenters. The third kappa shape index (κ3) is 5.13. The molecule has 0 radical (unpaired) electrons. The van der Waals surface area contributed by atoms with Crippen molar-refractivity contribution in [3.05, 3.63) is 28.8 Å². The first-order chi connectivity index (χ1) is 12.6. The maximum absolute atomic E-state index is 12.8. The lowest BCUT2D eigenvalue weighted by Crippen LogP contribution is -2.39. The van der Waals surface area contributed by atoms with Crippen LogP contribution in [-0.2, 0) is 4.79 Å². The zero-order valence-electron chi connectivity index (χ0n) is 15.2. The van der Waals surface area contributed by atoms with E-state index in [1.165, 1.54) is 25.7 Å². The Kier molecular flexibility index (Phi) is 6.78. The van der Waals surface area contributed by atoms with Gasteiger partial charge in [-0.15, -0.1) is 0 Å². The summed E-state index contributed by atoms with van der Waals surface area (Å²) in [6, 6.07) is 5.49. The number of amides is 2. The van der Waals surface area contributed by atoms with Crippen LogP contribution in [0.4, 0.5) is 5.69 Å². The number of rotatable bonds is 5. The number of anilines is 1. The van der Waals surface area contributed by atoms with Crippen LogP contribution in [0.25, 0.3) is 0 Å². The van der Waals surface area contributed by atoms with E-state index in [4.69, 9.17) is 11.6 Å². The Labute approximate surface area is 160 Å². The monoisotopic (exact) mass is 377 g/mol. The van der Waals surface area contributed by atoms with Crippen LogP contribution in [-0.4, -0.2) is 42.4 Å². The highest BCUT2D eigenvalue weighted by Gasteiger charge is 2.21. The van der Waals surface area contributed by atoms with Gasteiger partial charge < -0.3 is 15.5 Å². The van der Waals surface area contributed by atoms with Crippen LogP contribution in [0.5, 0.6) is 0 Å². The molecule has 1 aromatic carbocycles. The third-order valence-electron chi connectivity index (χ3n) is 5.26.